The predicted octanol–water partition coefficient (Wildman–Crippen LogP) is 9.16. The molecule has 0 spiro atoms. The minimum Gasteiger partial charge on any atom is -0.308 e. The molecule has 0 fully saturated rings. The molecule has 0 saturated carbocycles. The van der Waals surface area contributed by atoms with Gasteiger partial charge in [-0.3, -0.25) is 14.5 Å². The Labute approximate surface area is 257 Å². The molecule has 4 aromatic carbocycles. The minimum atomic E-state index is 0.866. The van der Waals surface area contributed by atoms with Crippen molar-refractivity contribution in [2.75, 3.05) is 0 Å². The average molecular weight is 577 g/mol. The minimum absolute atomic E-state index is 0.866. The van der Waals surface area contributed by atoms with E-state index in [4.69, 9.17) is 15.0 Å². The Kier molecular flexibility index (Phi) is 4.90. The summed E-state index contributed by atoms with van der Waals surface area (Å²) in [4.78, 5) is 14.7. The molecular formula is C39H24N6. The summed E-state index contributed by atoms with van der Waals surface area (Å²) in [5.74, 6) is 0.866. The fourth-order valence-corrected chi connectivity index (χ4v) is 7.23. The van der Waals surface area contributed by atoms with Crippen LogP contribution in [0.25, 0.3) is 82.9 Å². The van der Waals surface area contributed by atoms with Gasteiger partial charge in [-0.2, -0.15) is 0 Å². The van der Waals surface area contributed by atoms with Gasteiger partial charge in [-0.25, -0.2) is 4.98 Å². The van der Waals surface area contributed by atoms with Crippen LogP contribution in [0.1, 0.15) is 0 Å². The lowest BCUT2D eigenvalue weighted by atomic mass is 10.1. The van der Waals surface area contributed by atoms with Crippen molar-refractivity contribution in [2.24, 2.45) is 0 Å². The van der Waals surface area contributed by atoms with E-state index < -0.39 is 0 Å². The summed E-state index contributed by atoms with van der Waals surface area (Å²) in [6, 6.07) is 44.6. The first kappa shape index (κ1) is 24.2. The van der Waals surface area contributed by atoms with Crippen LogP contribution in [-0.4, -0.2) is 28.7 Å². The molecule has 6 heteroatoms. The number of fused-ring (bicyclic) bond motifs is 11. The molecule has 6 heterocycles. The zero-order valence-corrected chi connectivity index (χ0v) is 24.0. The van der Waals surface area contributed by atoms with E-state index in [2.05, 4.69) is 117 Å². The van der Waals surface area contributed by atoms with Crippen LogP contribution in [0.15, 0.2) is 146 Å². The molecule has 0 unspecified atom stereocenters. The van der Waals surface area contributed by atoms with E-state index in [1.807, 2.05) is 42.9 Å². The summed E-state index contributed by atoms with van der Waals surface area (Å²) in [6.45, 7) is 0. The van der Waals surface area contributed by atoms with Crippen LogP contribution < -0.4 is 0 Å². The zero-order chi connectivity index (χ0) is 29.5. The second kappa shape index (κ2) is 9.11. The Bertz CT molecular complexity index is 2570. The maximum Gasteiger partial charge on any atom is 0.137 e. The number of hydrogen-bond acceptors (Lipinski definition) is 3. The Hall–Kier alpha value is -6.27. The van der Waals surface area contributed by atoms with Crippen LogP contribution in [0.4, 0.5) is 0 Å². The first-order valence-corrected chi connectivity index (χ1v) is 15.0. The van der Waals surface area contributed by atoms with Gasteiger partial charge in [0, 0.05) is 40.7 Å². The topological polar surface area (TPSA) is 53.5 Å². The molecule has 10 rings (SSSR count). The third-order valence-electron chi connectivity index (χ3n) is 8.97. The molecule has 0 atom stereocenters. The SMILES string of the molecule is c1ccc(-n2c3cccnc3c3c2ccc2c4ccc5c(c6ncccc6n5-c5ccccn5)c4n(-c4ccccc4)c23)cc1. The van der Waals surface area contributed by atoms with Crippen molar-refractivity contribution in [3.05, 3.63) is 146 Å². The molecule has 6 nitrogen and oxygen atoms in total. The smallest absolute Gasteiger partial charge is 0.137 e. The summed E-state index contributed by atoms with van der Waals surface area (Å²) in [5, 5.41) is 4.57. The molecule has 10 aromatic rings. The highest BCUT2D eigenvalue weighted by molar-refractivity contribution is 6.30. The standard InChI is InChI=1S/C39H24N6/c1-3-11-25(12-4-1)43-29-20-18-27-28-19-21-30-35(37-32(16-10-24-42-37)45(30)33-17-7-8-22-40-33)39(28)44(26-13-5-2-6-14-26)38(27)34(29)36-31(43)15-9-23-41-36/h1-24H. The molecule has 45 heavy (non-hydrogen) atoms. The van der Waals surface area contributed by atoms with E-state index in [1.165, 1.54) is 10.8 Å². The second-order valence-corrected chi connectivity index (χ2v) is 11.3. The van der Waals surface area contributed by atoms with Gasteiger partial charge in [-0.05, 0) is 72.8 Å². The predicted molar refractivity (Wildman–Crippen MR) is 183 cm³/mol. The normalized spacial score (nSPS) is 12.0. The molecule has 210 valence electrons. The number of rotatable bonds is 3. The van der Waals surface area contributed by atoms with Crippen LogP contribution in [-0.2, 0) is 0 Å². The molecule has 0 saturated heterocycles. The van der Waals surface area contributed by atoms with E-state index in [0.717, 1.165) is 72.1 Å². The lowest BCUT2D eigenvalue weighted by molar-refractivity contribution is 1.08. The number of hydrogen-bond donors (Lipinski definition) is 0. The fourth-order valence-electron chi connectivity index (χ4n) is 7.23. The van der Waals surface area contributed by atoms with Crippen LogP contribution in [0.5, 0.6) is 0 Å². The van der Waals surface area contributed by atoms with Crippen LogP contribution in [0.3, 0.4) is 0 Å². The van der Waals surface area contributed by atoms with Gasteiger partial charge in [-0.15, -0.1) is 0 Å². The zero-order valence-electron chi connectivity index (χ0n) is 24.0. The summed E-state index contributed by atoms with van der Waals surface area (Å²) in [7, 11) is 0. The quantitative estimate of drug-likeness (QED) is 0.211. The van der Waals surface area contributed by atoms with Crippen molar-refractivity contribution in [1.82, 2.24) is 28.7 Å². The number of nitrogens with zero attached hydrogens (tertiary/aromatic N) is 6. The first-order chi connectivity index (χ1) is 22.4. The van der Waals surface area contributed by atoms with E-state index in [0.29, 0.717) is 0 Å². The fraction of sp³-hybridized carbons (Fsp3) is 0. The summed E-state index contributed by atoms with van der Waals surface area (Å²) in [6.07, 6.45) is 5.62. The lowest BCUT2D eigenvalue weighted by Gasteiger charge is -2.10. The summed E-state index contributed by atoms with van der Waals surface area (Å²) in [5.41, 5.74) is 10.7. The van der Waals surface area contributed by atoms with Gasteiger partial charge < -0.3 is 9.13 Å². The number of benzene rings is 4. The molecule has 0 amide bonds. The molecule has 6 aromatic heterocycles. The highest BCUT2D eigenvalue weighted by Crippen LogP contribution is 2.45. The van der Waals surface area contributed by atoms with Crippen molar-refractivity contribution in [2.45, 2.75) is 0 Å². The summed E-state index contributed by atoms with van der Waals surface area (Å²) < 4.78 is 6.98. The van der Waals surface area contributed by atoms with E-state index in [9.17, 15) is 0 Å². The summed E-state index contributed by atoms with van der Waals surface area (Å²) >= 11 is 0. The van der Waals surface area contributed by atoms with Crippen LogP contribution in [0, 0.1) is 0 Å². The molecule has 0 N–H and O–H groups in total. The van der Waals surface area contributed by atoms with Gasteiger partial charge in [0.15, 0.2) is 0 Å². The van der Waals surface area contributed by atoms with Crippen molar-refractivity contribution in [3.8, 4) is 17.2 Å². The number of para-hydroxylation sites is 2. The monoisotopic (exact) mass is 576 g/mol. The maximum absolute atomic E-state index is 5.01. The lowest BCUT2D eigenvalue weighted by Crippen LogP contribution is -1.97. The maximum atomic E-state index is 5.01. The third kappa shape index (κ3) is 3.25. The molecule has 0 radical (unpaired) electrons. The van der Waals surface area contributed by atoms with Crippen LogP contribution >= 0.6 is 0 Å². The van der Waals surface area contributed by atoms with Gasteiger partial charge in [0.1, 0.15) is 5.82 Å². The molecule has 0 aliphatic rings. The Morgan fingerprint density at radius 2 is 0.867 bits per heavy atom. The van der Waals surface area contributed by atoms with Crippen molar-refractivity contribution < 1.29 is 0 Å². The molecule has 0 aliphatic heterocycles. The van der Waals surface area contributed by atoms with Crippen molar-refractivity contribution >= 4 is 65.7 Å². The van der Waals surface area contributed by atoms with Crippen molar-refractivity contribution in [3.63, 3.8) is 0 Å². The van der Waals surface area contributed by atoms with E-state index >= 15 is 0 Å². The van der Waals surface area contributed by atoms with Gasteiger partial charge >= 0.3 is 0 Å². The third-order valence-corrected chi connectivity index (χ3v) is 8.97. The second-order valence-electron chi connectivity index (χ2n) is 11.3. The first-order valence-electron chi connectivity index (χ1n) is 15.0. The van der Waals surface area contributed by atoms with E-state index in [-0.39, 0.29) is 0 Å². The van der Waals surface area contributed by atoms with Gasteiger partial charge in [0.05, 0.1) is 54.9 Å². The number of pyridine rings is 3. The van der Waals surface area contributed by atoms with Crippen LogP contribution in [0.2, 0.25) is 0 Å². The molecular weight excluding hydrogens is 552 g/mol. The highest BCUT2D eigenvalue weighted by Gasteiger charge is 2.25. The average Bonchev–Trinajstić information content (AvgIpc) is 3.75. The Morgan fingerprint density at radius 1 is 0.356 bits per heavy atom. The van der Waals surface area contributed by atoms with E-state index in [1.54, 1.807) is 0 Å². The van der Waals surface area contributed by atoms with Gasteiger partial charge in [-0.1, -0.05) is 54.6 Å². The highest BCUT2D eigenvalue weighted by atomic mass is 15.1. The molecule has 0 aliphatic carbocycles. The van der Waals surface area contributed by atoms with Gasteiger partial charge in [0.2, 0.25) is 0 Å². The largest absolute Gasteiger partial charge is 0.308 e. The van der Waals surface area contributed by atoms with Gasteiger partial charge in [0.25, 0.3) is 0 Å². The Morgan fingerprint density at radius 3 is 1.44 bits per heavy atom. The number of aromatic nitrogens is 6. The van der Waals surface area contributed by atoms with Crippen molar-refractivity contribution in [1.29, 1.82) is 0 Å². The molecule has 0 bridgehead atoms. The Balaban J connectivity index is 1.48.